The maximum absolute atomic E-state index is 13.1. The maximum Gasteiger partial charge on any atom is 0.125 e. The lowest BCUT2D eigenvalue weighted by Gasteiger charge is -2.16. The summed E-state index contributed by atoms with van der Waals surface area (Å²) in [4.78, 5) is 0. The monoisotopic (exact) mass is 371 g/mol. The summed E-state index contributed by atoms with van der Waals surface area (Å²) in [6.45, 7) is 3.14. The molecule has 0 saturated carbocycles. The molecular weight excluding hydrogens is 349 g/mol. The maximum atomic E-state index is 13.1. The van der Waals surface area contributed by atoms with Gasteiger partial charge in [-0.3, -0.25) is 0 Å². The molecule has 2 nitrogen and oxygen atoms in total. The fourth-order valence-electron chi connectivity index (χ4n) is 3.32. The molecule has 0 amide bonds. The second kappa shape index (κ2) is 8.13. The van der Waals surface area contributed by atoms with Crippen molar-refractivity contribution >= 4 is 16.5 Å². The van der Waals surface area contributed by atoms with E-state index in [1.54, 1.807) is 12.1 Å². The third kappa shape index (κ3) is 4.15. The molecule has 0 aliphatic rings. The van der Waals surface area contributed by atoms with E-state index >= 15 is 0 Å². The molecule has 4 aromatic rings. The van der Waals surface area contributed by atoms with Crippen molar-refractivity contribution in [3.05, 3.63) is 107 Å². The van der Waals surface area contributed by atoms with Gasteiger partial charge in [-0.2, -0.15) is 0 Å². The first kappa shape index (κ1) is 18.1. The first-order valence-electron chi connectivity index (χ1n) is 9.37. The number of anilines is 1. The summed E-state index contributed by atoms with van der Waals surface area (Å²) in [6.07, 6.45) is 0. The number of aryl methyl sites for hydroxylation is 1. The van der Waals surface area contributed by atoms with Crippen LogP contribution in [0.4, 0.5) is 10.1 Å². The van der Waals surface area contributed by atoms with Gasteiger partial charge in [0.2, 0.25) is 0 Å². The molecule has 0 saturated heterocycles. The van der Waals surface area contributed by atoms with Crippen molar-refractivity contribution in [1.82, 2.24) is 0 Å². The molecule has 0 aliphatic carbocycles. The van der Waals surface area contributed by atoms with E-state index in [-0.39, 0.29) is 5.82 Å². The van der Waals surface area contributed by atoms with E-state index in [1.807, 2.05) is 24.3 Å². The van der Waals surface area contributed by atoms with Crippen molar-refractivity contribution < 1.29 is 9.13 Å². The molecule has 28 heavy (non-hydrogen) atoms. The van der Waals surface area contributed by atoms with Crippen LogP contribution in [0.25, 0.3) is 10.8 Å². The zero-order valence-electron chi connectivity index (χ0n) is 15.8. The molecule has 0 radical (unpaired) electrons. The fraction of sp³-hybridized carbons (Fsp3) is 0.120. The van der Waals surface area contributed by atoms with Crippen LogP contribution >= 0.6 is 0 Å². The van der Waals surface area contributed by atoms with Crippen LogP contribution in [0.2, 0.25) is 0 Å². The van der Waals surface area contributed by atoms with Gasteiger partial charge in [-0.05, 0) is 59.2 Å². The Morgan fingerprint density at radius 3 is 2.50 bits per heavy atom. The summed E-state index contributed by atoms with van der Waals surface area (Å²) in [5, 5.41) is 5.85. The van der Waals surface area contributed by atoms with Gasteiger partial charge in [0, 0.05) is 17.8 Å². The van der Waals surface area contributed by atoms with Crippen LogP contribution in [0.5, 0.6) is 5.75 Å². The highest BCUT2D eigenvalue weighted by Gasteiger charge is 2.10. The van der Waals surface area contributed by atoms with Crippen LogP contribution in [0.15, 0.2) is 84.9 Å². The van der Waals surface area contributed by atoms with Crippen LogP contribution in [-0.4, -0.2) is 0 Å². The first-order chi connectivity index (χ1) is 13.7. The molecule has 0 bridgehead atoms. The van der Waals surface area contributed by atoms with Crippen molar-refractivity contribution in [3.63, 3.8) is 0 Å². The van der Waals surface area contributed by atoms with Gasteiger partial charge in [-0.25, -0.2) is 4.39 Å². The molecule has 0 fully saturated rings. The lowest BCUT2D eigenvalue weighted by Crippen LogP contribution is -2.05. The largest absolute Gasteiger partial charge is 0.489 e. The van der Waals surface area contributed by atoms with Crippen LogP contribution in [0, 0.1) is 12.7 Å². The van der Waals surface area contributed by atoms with E-state index in [0.717, 1.165) is 22.6 Å². The number of benzene rings is 4. The van der Waals surface area contributed by atoms with Crippen LogP contribution in [0.1, 0.15) is 16.7 Å². The summed E-state index contributed by atoms with van der Waals surface area (Å²) in [6, 6.07) is 27.1. The van der Waals surface area contributed by atoms with Gasteiger partial charge in [0.05, 0.1) is 0 Å². The predicted octanol–water partition coefficient (Wildman–Crippen LogP) is 6.48. The van der Waals surface area contributed by atoms with Crippen molar-refractivity contribution in [3.8, 4) is 5.75 Å². The highest BCUT2D eigenvalue weighted by molar-refractivity contribution is 5.88. The quantitative estimate of drug-likeness (QED) is 0.419. The second-order valence-electron chi connectivity index (χ2n) is 6.90. The molecular formula is C25H22FNO. The zero-order chi connectivity index (χ0) is 19.3. The van der Waals surface area contributed by atoms with Crippen LogP contribution in [-0.2, 0) is 13.2 Å². The predicted molar refractivity (Wildman–Crippen MR) is 113 cm³/mol. The first-order valence-corrected chi connectivity index (χ1v) is 9.37. The fourth-order valence-corrected chi connectivity index (χ4v) is 3.32. The molecule has 3 heteroatoms. The minimum atomic E-state index is -0.238. The SMILES string of the molecule is Cc1cccc(NCc2c(OCc3ccc(F)cc3)ccc3ccccc23)c1. The normalized spacial score (nSPS) is 10.8. The average Bonchev–Trinajstić information content (AvgIpc) is 2.72. The van der Waals surface area contributed by atoms with Gasteiger partial charge in [0.1, 0.15) is 18.2 Å². The number of ether oxygens (including phenoxy) is 1. The molecule has 0 spiro atoms. The molecule has 140 valence electrons. The van der Waals surface area contributed by atoms with Crippen molar-refractivity contribution in [2.24, 2.45) is 0 Å². The Balaban J connectivity index is 1.61. The van der Waals surface area contributed by atoms with E-state index in [2.05, 4.69) is 48.6 Å². The highest BCUT2D eigenvalue weighted by atomic mass is 19.1. The Hall–Kier alpha value is -3.33. The molecule has 0 aromatic heterocycles. The minimum Gasteiger partial charge on any atom is -0.489 e. The van der Waals surface area contributed by atoms with Crippen molar-refractivity contribution in [2.45, 2.75) is 20.1 Å². The molecule has 0 unspecified atom stereocenters. The van der Waals surface area contributed by atoms with E-state index in [0.29, 0.717) is 13.2 Å². The van der Waals surface area contributed by atoms with E-state index in [9.17, 15) is 4.39 Å². The van der Waals surface area contributed by atoms with Crippen LogP contribution < -0.4 is 10.1 Å². The van der Waals surface area contributed by atoms with Gasteiger partial charge in [0.25, 0.3) is 0 Å². The summed E-state index contributed by atoms with van der Waals surface area (Å²) in [7, 11) is 0. The Labute approximate surface area is 164 Å². The number of nitrogens with one attached hydrogen (secondary N) is 1. The molecule has 0 heterocycles. The van der Waals surface area contributed by atoms with Gasteiger partial charge >= 0.3 is 0 Å². The lowest BCUT2D eigenvalue weighted by atomic mass is 10.0. The van der Waals surface area contributed by atoms with Gasteiger partial charge < -0.3 is 10.1 Å². The van der Waals surface area contributed by atoms with E-state index in [1.165, 1.54) is 28.5 Å². The summed E-state index contributed by atoms with van der Waals surface area (Å²) in [5.74, 6) is 0.598. The van der Waals surface area contributed by atoms with Gasteiger partial charge in [-0.1, -0.05) is 54.6 Å². The Morgan fingerprint density at radius 2 is 1.68 bits per heavy atom. The number of hydrogen-bond acceptors (Lipinski definition) is 2. The molecule has 4 rings (SSSR count). The molecule has 1 N–H and O–H groups in total. The van der Waals surface area contributed by atoms with E-state index < -0.39 is 0 Å². The summed E-state index contributed by atoms with van der Waals surface area (Å²) in [5.41, 5.74) is 4.35. The second-order valence-corrected chi connectivity index (χ2v) is 6.90. The van der Waals surface area contributed by atoms with Crippen molar-refractivity contribution in [2.75, 3.05) is 5.32 Å². The number of halogens is 1. The molecule has 0 atom stereocenters. The summed E-state index contributed by atoms with van der Waals surface area (Å²) < 4.78 is 19.3. The lowest BCUT2D eigenvalue weighted by molar-refractivity contribution is 0.303. The topological polar surface area (TPSA) is 21.3 Å². The Kier molecular flexibility index (Phi) is 5.24. The Morgan fingerprint density at radius 1 is 0.857 bits per heavy atom. The van der Waals surface area contributed by atoms with E-state index in [4.69, 9.17) is 4.74 Å². The summed E-state index contributed by atoms with van der Waals surface area (Å²) >= 11 is 0. The third-order valence-corrected chi connectivity index (χ3v) is 4.79. The number of fused-ring (bicyclic) bond motifs is 1. The number of rotatable bonds is 6. The standard InChI is InChI=1S/C25H22FNO/c1-18-5-4-7-22(15-18)27-16-24-23-8-3-2-6-20(23)11-14-25(24)28-17-19-9-12-21(26)13-10-19/h2-15,27H,16-17H2,1H3. The molecule has 4 aromatic carbocycles. The van der Waals surface area contributed by atoms with Crippen molar-refractivity contribution in [1.29, 1.82) is 0 Å². The van der Waals surface area contributed by atoms with Gasteiger partial charge in [0.15, 0.2) is 0 Å². The minimum absolute atomic E-state index is 0.238. The number of hydrogen-bond donors (Lipinski definition) is 1. The highest BCUT2D eigenvalue weighted by Crippen LogP contribution is 2.30. The average molecular weight is 371 g/mol. The molecule has 0 aliphatic heterocycles. The Bertz CT molecular complexity index is 1090. The zero-order valence-corrected chi connectivity index (χ0v) is 15.8. The van der Waals surface area contributed by atoms with Crippen LogP contribution in [0.3, 0.4) is 0 Å². The third-order valence-electron chi connectivity index (χ3n) is 4.79. The van der Waals surface area contributed by atoms with Gasteiger partial charge in [-0.15, -0.1) is 0 Å². The smallest absolute Gasteiger partial charge is 0.125 e.